The molecule has 176 valence electrons. The highest BCUT2D eigenvalue weighted by Gasteiger charge is 2.32. The fourth-order valence-electron chi connectivity index (χ4n) is 5.24. The van der Waals surface area contributed by atoms with Gasteiger partial charge in [-0.25, -0.2) is 4.79 Å². The lowest BCUT2D eigenvalue weighted by Crippen LogP contribution is -2.41. The van der Waals surface area contributed by atoms with Crippen molar-refractivity contribution in [3.63, 3.8) is 0 Å². The van der Waals surface area contributed by atoms with E-state index in [1.54, 1.807) is 0 Å². The Bertz CT molecular complexity index is 920. The van der Waals surface area contributed by atoms with Gasteiger partial charge in [0.2, 0.25) is 5.91 Å². The van der Waals surface area contributed by atoms with Crippen LogP contribution in [0.1, 0.15) is 69.4 Å². The molecule has 1 aliphatic heterocycles. The number of rotatable bonds is 6. The van der Waals surface area contributed by atoms with E-state index in [4.69, 9.17) is 0 Å². The predicted molar refractivity (Wildman–Crippen MR) is 133 cm³/mol. The molecule has 1 saturated heterocycles. The van der Waals surface area contributed by atoms with Crippen molar-refractivity contribution in [2.75, 3.05) is 18.0 Å². The summed E-state index contributed by atoms with van der Waals surface area (Å²) in [4.78, 5) is 29.9. The number of anilines is 1. The molecular formula is C28H37N3O2. The van der Waals surface area contributed by atoms with E-state index in [1.165, 1.54) is 12.0 Å². The van der Waals surface area contributed by atoms with Crippen LogP contribution in [0.2, 0.25) is 0 Å². The van der Waals surface area contributed by atoms with Crippen molar-refractivity contribution in [2.24, 2.45) is 5.92 Å². The van der Waals surface area contributed by atoms with Gasteiger partial charge in [-0.05, 0) is 68.7 Å². The summed E-state index contributed by atoms with van der Waals surface area (Å²) in [6.07, 6.45) is 6.46. The van der Waals surface area contributed by atoms with E-state index in [9.17, 15) is 9.59 Å². The Morgan fingerprint density at radius 1 is 0.939 bits per heavy atom. The Balaban J connectivity index is 1.51. The van der Waals surface area contributed by atoms with Crippen molar-refractivity contribution in [1.29, 1.82) is 0 Å². The van der Waals surface area contributed by atoms with Gasteiger partial charge in [-0.2, -0.15) is 0 Å². The van der Waals surface area contributed by atoms with Crippen LogP contribution in [0.15, 0.2) is 54.6 Å². The van der Waals surface area contributed by atoms with Crippen LogP contribution in [-0.4, -0.2) is 36.0 Å². The second-order valence-electron chi connectivity index (χ2n) is 9.80. The van der Waals surface area contributed by atoms with Gasteiger partial charge in [-0.3, -0.25) is 9.69 Å². The number of nitrogens with zero attached hydrogens (tertiary/aromatic N) is 2. The first-order valence-electron chi connectivity index (χ1n) is 12.5. The first-order chi connectivity index (χ1) is 16.0. The van der Waals surface area contributed by atoms with Crippen molar-refractivity contribution in [1.82, 2.24) is 10.2 Å². The molecule has 0 aromatic heterocycles. The van der Waals surface area contributed by atoms with Gasteiger partial charge in [-0.1, -0.05) is 55.3 Å². The normalized spacial score (nSPS) is 20.6. The summed E-state index contributed by atoms with van der Waals surface area (Å²) in [5.74, 6) is 0.498. The van der Waals surface area contributed by atoms with Gasteiger partial charge in [0.25, 0.3) is 0 Å². The van der Waals surface area contributed by atoms with E-state index < -0.39 is 0 Å². The number of carbonyl (C=O) groups excluding carboxylic acids is 2. The van der Waals surface area contributed by atoms with Crippen LogP contribution in [0.4, 0.5) is 10.5 Å². The van der Waals surface area contributed by atoms with Crippen LogP contribution in [-0.2, 0) is 11.3 Å². The number of benzene rings is 2. The molecule has 2 aromatic carbocycles. The van der Waals surface area contributed by atoms with Crippen molar-refractivity contribution >= 4 is 17.6 Å². The van der Waals surface area contributed by atoms with Crippen molar-refractivity contribution in [3.05, 3.63) is 65.7 Å². The number of likely N-dealkylation sites (tertiary alicyclic amines) is 1. The average molecular weight is 448 g/mol. The van der Waals surface area contributed by atoms with E-state index in [0.29, 0.717) is 6.54 Å². The Hall–Kier alpha value is -2.82. The molecule has 33 heavy (non-hydrogen) atoms. The highest BCUT2D eigenvalue weighted by molar-refractivity contribution is 5.92. The van der Waals surface area contributed by atoms with Gasteiger partial charge < -0.3 is 10.2 Å². The van der Waals surface area contributed by atoms with Gasteiger partial charge in [0.15, 0.2) is 0 Å². The molecule has 1 saturated carbocycles. The largest absolute Gasteiger partial charge is 0.354 e. The summed E-state index contributed by atoms with van der Waals surface area (Å²) in [6.45, 7) is 6.26. The van der Waals surface area contributed by atoms with E-state index >= 15 is 0 Å². The summed E-state index contributed by atoms with van der Waals surface area (Å²) in [6, 6.07) is 18.8. The lowest BCUT2D eigenvalue weighted by molar-refractivity contribution is -0.127. The number of nitrogens with one attached hydrogen (secondary N) is 1. The average Bonchev–Trinajstić information content (AvgIpc) is 3.38. The smallest absolute Gasteiger partial charge is 0.324 e. The van der Waals surface area contributed by atoms with Crippen LogP contribution in [0.25, 0.3) is 0 Å². The van der Waals surface area contributed by atoms with Crippen LogP contribution in [0, 0.1) is 5.92 Å². The highest BCUT2D eigenvalue weighted by atomic mass is 16.2. The topological polar surface area (TPSA) is 52.7 Å². The minimum absolute atomic E-state index is 0.0459. The standard InChI is InChI=1S/C28H37N3O2/c1-21(2)29-27(32)26-13-7-6-12-25(26)23-16-14-22(15-17-23)20-31(24-10-4-3-5-11-24)28(33)30-18-8-9-19-30/h3-5,10-11,14-17,21,25-26H,6-9,12-13,18-20H2,1-2H3,(H,29,32)/t25-,26+/m1/s1. The van der Waals surface area contributed by atoms with Gasteiger partial charge >= 0.3 is 6.03 Å². The number of amides is 3. The van der Waals surface area contributed by atoms with Crippen LogP contribution in [0.3, 0.4) is 0 Å². The Labute approximate surface area is 198 Å². The van der Waals surface area contributed by atoms with E-state index in [2.05, 4.69) is 29.6 Å². The van der Waals surface area contributed by atoms with E-state index in [0.717, 1.165) is 56.4 Å². The third kappa shape index (κ3) is 5.76. The second-order valence-corrected chi connectivity index (χ2v) is 9.80. The van der Waals surface area contributed by atoms with Crippen molar-refractivity contribution in [2.45, 2.75) is 70.9 Å². The minimum atomic E-state index is 0.0459. The molecule has 0 spiro atoms. The number of urea groups is 1. The number of hydrogen-bond donors (Lipinski definition) is 1. The second kappa shape index (κ2) is 10.9. The Kier molecular flexibility index (Phi) is 7.69. The molecule has 5 heteroatoms. The predicted octanol–water partition coefficient (Wildman–Crippen LogP) is 5.71. The molecule has 2 aliphatic rings. The fraction of sp³-hybridized carbons (Fsp3) is 0.500. The van der Waals surface area contributed by atoms with Gasteiger partial charge in [0.1, 0.15) is 0 Å². The number of para-hydroxylation sites is 1. The van der Waals surface area contributed by atoms with E-state index in [1.807, 2.05) is 54.0 Å². The molecule has 2 aromatic rings. The summed E-state index contributed by atoms with van der Waals surface area (Å²) >= 11 is 0. The molecule has 5 nitrogen and oxygen atoms in total. The molecule has 4 rings (SSSR count). The Morgan fingerprint density at radius 2 is 1.61 bits per heavy atom. The maximum absolute atomic E-state index is 13.3. The zero-order chi connectivity index (χ0) is 23.2. The maximum atomic E-state index is 13.3. The molecule has 0 bridgehead atoms. The van der Waals surface area contributed by atoms with Gasteiger partial charge in [-0.15, -0.1) is 0 Å². The zero-order valence-corrected chi connectivity index (χ0v) is 20.0. The number of hydrogen-bond acceptors (Lipinski definition) is 2. The molecule has 2 atom stereocenters. The molecular weight excluding hydrogens is 410 g/mol. The molecule has 1 N–H and O–H groups in total. The first kappa shape index (κ1) is 23.3. The molecule has 3 amide bonds. The highest BCUT2D eigenvalue weighted by Crippen LogP contribution is 2.38. The van der Waals surface area contributed by atoms with Gasteiger partial charge in [0, 0.05) is 30.7 Å². The summed E-state index contributed by atoms with van der Waals surface area (Å²) in [5, 5.41) is 3.12. The van der Waals surface area contributed by atoms with Crippen LogP contribution < -0.4 is 10.2 Å². The van der Waals surface area contributed by atoms with Crippen LogP contribution >= 0.6 is 0 Å². The summed E-state index contributed by atoms with van der Waals surface area (Å²) < 4.78 is 0. The lowest BCUT2D eigenvalue weighted by atomic mass is 9.75. The van der Waals surface area contributed by atoms with Crippen LogP contribution in [0.5, 0.6) is 0 Å². The van der Waals surface area contributed by atoms with Crippen molar-refractivity contribution in [3.8, 4) is 0 Å². The van der Waals surface area contributed by atoms with E-state index in [-0.39, 0.29) is 29.8 Å². The fourth-order valence-corrected chi connectivity index (χ4v) is 5.24. The SMILES string of the molecule is CC(C)NC(=O)[C@H]1CCCC[C@@H]1c1ccc(CN(C(=O)N2CCCC2)c2ccccc2)cc1. The summed E-state index contributed by atoms with van der Waals surface area (Å²) in [7, 11) is 0. The van der Waals surface area contributed by atoms with Gasteiger partial charge in [0.05, 0.1) is 6.54 Å². The minimum Gasteiger partial charge on any atom is -0.354 e. The number of carbonyl (C=O) groups is 2. The maximum Gasteiger partial charge on any atom is 0.324 e. The quantitative estimate of drug-likeness (QED) is 0.617. The lowest BCUT2D eigenvalue weighted by Gasteiger charge is -2.32. The molecule has 1 aliphatic carbocycles. The Morgan fingerprint density at radius 3 is 2.27 bits per heavy atom. The molecule has 1 heterocycles. The third-order valence-corrected chi connectivity index (χ3v) is 6.96. The summed E-state index contributed by atoms with van der Waals surface area (Å²) in [5.41, 5.74) is 3.27. The molecule has 0 unspecified atom stereocenters. The molecule has 2 fully saturated rings. The third-order valence-electron chi connectivity index (χ3n) is 6.96. The van der Waals surface area contributed by atoms with Crippen molar-refractivity contribution < 1.29 is 9.59 Å². The monoisotopic (exact) mass is 447 g/mol. The first-order valence-corrected chi connectivity index (χ1v) is 12.5. The molecule has 0 radical (unpaired) electrons. The zero-order valence-electron chi connectivity index (χ0n) is 20.0.